The summed E-state index contributed by atoms with van der Waals surface area (Å²) in [7, 11) is 0. The molecule has 0 unspecified atom stereocenters. The fourth-order valence-electron chi connectivity index (χ4n) is 2.83. The smallest absolute Gasteiger partial charge is 0.153 e. The summed E-state index contributed by atoms with van der Waals surface area (Å²) in [5.41, 5.74) is 2.58. The molecule has 0 atom stereocenters. The summed E-state index contributed by atoms with van der Waals surface area (Å²) in [5.74, 6) is 2.60. The standard InChI is InChI=1S/C16H21N3/c1-12-7-9-13(10-8-12)11-15-17-16(19-18-15)14-5-3-2-4-6-14/h7-10,14H,2-6,11H2,1H3,(H,17,18,19). The molecule has 0 bridgehead atoms. The number of hydrogen-bond donors (Lipinski definition) is 1. The molecule has 19 heavy (non-hydrogen) atoms. The van der Waals surface area contributed by atoms with E-state index in [0.29, 0.717) is 5.92 Å². The highest BCUT2D eigenvalue weighted by atomic mass is 15.2. The molecule has 1 aliphatic carbocycles. The number of rotatable bonds is 3. The SMILES string of the molecule is Cc1ccc(Cc2nc(C3CCCCC3)n[nH]2)cc1. The molecule has 2 aromatic rings. The van der Waals surface area contributed by atoms with Gasteiger partial charge in [0.15, 0.2) is 5.82 Å². The van der Waals surface area contributed by atoms with E-state index < -0.39 is 0 Å². The molecule has 1 N–H and O–H groups in total. The summed E-state index contributed by atoms with van der Waals surface area (Å²) < 4.78 is 0. The number of nitrogens with one attached hydrogen (secondary N) is 1. The molecular formula is C16H21N3. The van der Waals surface area contributed by atoms with Crippen LogP contribution in [-0.2, 0) is 6.42 Å². The second-order valence-corrected chi connectivity index (χ2v) is 5.64. The van der Waals surface area contributed by atoms with Crippen LogP contribution >= 0.6 is 0 Å². The van der Waals surface area contributed by atoms with Crippen molar-refractivity contribution in [3.8, 4) is 0 Å². The first-order chi connectivity index (χ1) is 9.31. The van der Waals surface area contributed by atoms with Crippen molar-refractivity contribution in [2.45, 2.75) is 51.4 Å². The highest BCUT2D eigenvalue weighted by molar-refractivity contribution is 5.23. The molecule has 100 valence electrons. The van der Waals surface area contributed by atoms with E-state index in [9.17, 15) is 0 Å². The summed E-state index contributed by atoms with van der Waals surface area (Å²) in [6, 6.07) is 8.62. The van der Waals surface area contributed by atoms with Gasteiger partial charge in [-0.25, -0.2) is 4.98 Å². The van der Waals surface area contributed by atoms with E-state index in [-0.39, 0.29) is 0 Å². The molecule has 1 aromatic carbocycles. The Morgan fingerprint density at radius 2 is 1.84 bits per heavy atom. The fourth-order valence-corrected chi connectivity index (χ4v) is 2.83. The van der Waals surface area contributed by atoms with Gasteiger partial charge >= 0.3 is 0 Å². The van der Waals surface area contributed by atoms with Gasteiger partial charge in [-0.1, -0.05) is 49.1 Å². The summed E-state index contributed by atoms with van der Waals surface area (Å²) in [4.78, 5) is 4.68. The number of hydrogen-bond acceptors (Lipinski definition) is 2. The maximum absolute atomic E-state index is 4.68. The second-order valence-electron chi connectivity index (χ2n) is 5.64. The Hall–Kier alpha value is -1.64. The highest BCUT2D eigenvalue weighted by Crippen LogP contribution is 2.30. The van der Waals surface area contributed by atoms with Crippen LogP contribution in [-0.4, -0.2) is 15.2 Å². The Balaban J connectivity index is 1.68. The Labute approximate surface area is 114 Å². The van der Waals surface area contributed by atoms with Crippen LogP contribution in [0.15, 0.2) is 24.3 Å². The number of aromatic nitrogens is 3. The molecule has 0 saturated heterocycles. The van der Waals surface area contributed by atoms with E-state index in [1.165, 1.54) is 43.2 Å². The van der Waals surface area contributed by atoms with Crippen LogP contribution in [0.25, 0.3) is 0 Å². The number of benzene rings is 1. The normalized spacial score (nSPS) is 16.7. The molecule has 3 rings (SSSR count). The van der Waals surface area contributed by atoms with E-state index in [0.717, 1.165) is 18.1 Å². The molecule has 1 saturated carbocycles. The van der Waals surface area contributed by atoms with Gasteiger partial charge in [0.05, 0.1) is 0 Å². The summed E-state index contributed by atoms with van der Waals surface area (Å²) in [6.45, 7) is 2.11. The first-order valence-corrected chi connectivity index (χ1v) is 7.28. The van der Waals surface area contributed by atoms with E-state index in [1.807, 2.05) is 0 Å². The molecule has 0 amide bonds. The van der Waals surface area contributed by atoms with Crippen LogP contribution in [0.4, 0.5) is 0 Å². The molecule has 3 nitrogen and oxygen atoms in total. The zero-order valence-corrected chi connectivity index (χ0v) is 11.5. The van der Waals surface area contributed by atoms with Gasteiger partial charge in [0.25, 0.3) is 0 Å². The molecule has 1 aromatic heterocycles. The van der Waals surface area contributed by atoms with Crippen molar-refractivity contribution in [1.29, 1.82) is 0 Å². The van der Waals surface area contributed by atoms with E-state index in [4.69, 9.17) is 0 Å². The first kappa shape index (κ1) is 12.4. The van der Waals surface area contributed by atoms with Gasteiger partial charge in [0.1, 0.15) is 5.82 Å². The van der Waals surface area contributed by atoms with Gasteiger partial charge in [-0.2, -0.15) is 5.10 Å². The van der Waals surface area contributed by atoms with E-state index in [1.54, 1.807) is 0 Å². The molecule has 0 aliphatic heterocycles. The van der Waals surface area contributed by atoms with Crippen molar-refractivity contribution < 1.29 is 0 Å². The molecule has 0 spiro atoms. The highest BCUT2D eigenvalue weighted by Gasteiger charge is 2.19. The van der Waals surface area contributed by atoms with Crippen molar-refractivity contribution in [2.24, 2.45) is 0 Å². The topological polar surface area (TPSA) is 41.6 Å². The van der Waals surface area contributed by atoms with Gasteiger partial charge in [-0.05, 0) is 25.3 Å². The fraction of sp³-hybridized carbons (Fsp3) is 0.500. The maximum Gasteiger partial charge on any atom is 0.153 e. The minimum absolute atomic E-state index is 0.580. The number of aryl methyl sites for hydroxylation is 1. The lowest BCUT2D eigenvalue weighted by Crippen LogP contribution is -2.06. The van der Waals surface area contributed by atoms with Crippen LogP contribution in [0.1, 0.15) is 60.8 Å². The van der Waals surface area contributed by atoms with Crippen LogP contribution in [0, 0.1) is 6.92 Å². The van der Waals surface area contributed by atoms with Gasteiger partial charge in [-0.3, -0.25) is 5.10 Å². The van der Waals surface area contributed by atoms with E-state index in [2.05, 4.69) is 46.4 Å². The van der Waals surface area contributed by atoms with Crippen molar-refractivity contribution in [1.82, 2.24) is 15.2 Å². The van der Waals surface area contributed by atoms with Gasteiger partial charge in [0, 0.05) is 12.3 Å². The maximum atomic E-state index is 4.68. The Morgan fingerprint density at radius 1 is 1.11 bits per heavy atom. The third-order valence-corrected chi connectivity index (χ3v) is 4.01. The van der Waals surface area contributed by atoms with Crippen LogP contribution in [0.3, 0.4) is 0 Å². The van der Waals surface area contributed by atoms with Crippen LogP contribution in [0.2, 0.25) is 0 Å². The molecule has 3 heteroatoms. The number of nitrogens with zero attached hydrogens (tertiary/aromatic N) is 2. The summed E-state index contributed by atoms with van der Waals surface area (Å²) in [6.07, 6.45) is 7.37. The second kappa shape index (κ2) is 5.55. The Morgan fingerprint density at radius 3 is 2.58 bits per heavy atom. The van der Waals surface area contributed by atoms with Crippen LogP contribution < -0.4 is 0 Å². The third kappa shape index (κ3) is 3.03. The molecule has 0 radical (unpaired) electrons. The summed E-state index contributed by atoms with van der Waals surface area (Å²) in [5, 5.41) is 7.52. The summed E-state index contributed by atoms with van der Waals surface area (Å²) >= 11 is 0. The molecule has 1 fully saturated rings. The quantitative estimate of drug-likeness (QED) is 0.907. The van der Waals surface area contributed by atoms with Crippen molar-refractivity contribution >= 4 is 0 Å². The lowest BCUT2D eigenvalue weighted by molar-refractivity contribution is 0.429. The van der Waals surface area contributed by atoms with Crippen molar-refractivity contribution in [2.75, 3.05) is 0 Å². The monoisotopic (exact) mass is 255 g/mol. The average Bonchev–Trinajstić information content (AvgIpc) is 2.91. The largest absolute Gasteiger partial charge is 0.263 e. The lowest BCUT2D eigenvalue weighted by atomic mass is 9.89. The predicted octanol–water partition coefficient (Wildman–Crippen LogP) is 3.75. The number of H-pyrrole nitrogens is 1. The van der Waals surface area contributed by atoms with Gasteiger partial charge < -0.3 is 0 Å². The number of aromatic amines is 1. The Bertz CT molecular complexity index is 521. The molecule has 1 heterocycles. The minimum Gasteiger partial charge on any atom is -0.263 e. The minimum atomic E-state index is 0.580. The Kier molecular flexibility index (Phi) is 3.62. The predicted molar refractivity (Wildman–Crippen MR) is 76.2 cm³/mol. The van der Waals surface area contributed by atoms with Crippen molar-refractivity contribution in [3.05, 3.63) is 47.0 Å². The van der Waals surface area contributed by atoms with Crippen LogP contribution in [0.5, 0.6) is 0 Å². The average molecular weight is 255 g/mol. The van der Waals surface area contributed by atoms with E-state index >= 15 is 0 Å². The lowest BCUT2D eigenvalue weighted by Gasteiger charge is -2.18. The third-order valence-electron chi connectivity index (χ3n) is 4.01. The molecular weight excluding hydrogens is 234 g/mol. The van der Waals surface area contributed by atoms with Gasteiger partial charge in [-0.15, -0.1) is 0 Å². The first-order valence-electron chi connectivity index (χ1n) is 7.28. The van der Waals surface area contributed by atoms with Crippen molar-refractivity contribution in [3.63, 3.8) is 0 Å². The zero-order chi connectivity index (χ0) is 13.1. The zero-order valence-electron chi connectivity index (χ0n) is 11.5. The molecule has 1 aliphatic rings. The van der Waals surface area contributed by atoms with Gasteiger partial charge in [0.2, 0.25) is 0 Å².